The molecule has 1 heterocycles. The summed E-state index contributed by atoms with van der Waals surface area (Å²) in [5, 5.41) is 17.2. The molecule has 7 N–H and O–H groups in total. The smallest absolute Gasteiger partial charge is 0.243 e. The Kier molecular flexibility index (Phi) is 9.79. The molecule has 1 amide bonds. The molecule has 1 aliphatic rings. The quantitative estimate of drug-likeness (QED) is 0.234. The number of rotatable bonds is 7. The van der Waals surface area contributed by atoms with Crippen molar-refractivity contribution in [1.29, 1.82) is 0 Å². The number of nitrogens with zero attached hydrogens (tertiary/aromatic N) is 1. The lowest BCUT2D eigenvalue weighted by molar-refractivity contribution is -0.120. The monoisotopic (exact) mass is 542 g/mol. The second-order valence-corrected chi connectivity index (χ2v) is 9.80. The van der Waals surface area contributed by atoms with Crippen molar-refractivity contribution in [3.05, 3.63) is 71.8 Å². The molecule has 1 aliphatic heterocycles. The number of fused-ring (bicyclic) bond motifs is 1. The highest BCUT2D eigenvalue weighted by atomic mass is 35.5. The van der Waals surface area contributed by atoms with E-state index in [2.05, 4.69) is 20.7 Å². The minimum atomic E-state index is -0.973. The minimum Gasteiger partial charge on any atom is -0.497 e. The molecular weight excluding hydrogens is 512 g/mol. The van der Waals surface area contributed by atoms with Crippen molar-refractivity contribution in [2.24, 2.45) is 10.7 Å². The topological polar surface area (TPSA) is 133 Å². The van der Waals surface area contributed by atoms with E-state index < -0.39 is 5.54 Å². The van der Waals surface area contributed by atoms with Gasteiger partial charge in [-0.15, -0.1) is 0 Å². The number of aliphatic hydroxyl groups excluding tert-OH is 1. The fraction of sp³-hybridized carbons (Fsp3) is 0.231. The summed E-state index contributed by atoms with van der Waals surface area (Å²) >= 11 is 7.82. The molecule has 3 aromatic carbocycles. The molecule has 3 aromatic rings. The van der Waals surface area contributed by atoms with Gasteiger partial charge >= 0.3 is 0 Å². The summed E-state index contributed by atoms with van der Waals surface area (Å²) in [5.41, 5.74) is 7.97. The molecule has 0 saturated heterocycles. The summed E-state index contributed by atoms with van der Waals surface area (Å²) in [7, 11) is 2.61. The molecule has 0 radical (unpaired) electrons. The summed E-state index contributed by atoms with van der Waals surface area (Å²) in [6.07, 6.45) is -0.363. The molecule has 0 aliphatic carbocycles. The number of nitrogens with two attached hydrogens (primary N) is 1. The molecule has 0 saturated carbocycles. The highest BCUT2D eigenvalue weighted by molar-refractivity contribution is 7.97. The van der Waals surface area contributed by atoms with Gasteiger partial charge in [0.1, 0.15) is 17.8 Å². The van der Waals surface area contributed by atoms with Crippen LogP contribution in [0, 0.1) is 0 Å². The number of methoxy groups -OCH3 is 1. The van der Waals surface area contributed by atoms with E-state index in [1.165, 1.54) is 11.9 Å². The van der Waals surface area contributed by atoms with Gasteiger partial charge in [-0.25, -0.2) is 9.71 Å². The van der Waals surface area contributed by atoms with Crippen LogP contribution in [0.1, 0.15) is 13.8 Å². The van der Waals surface area contributed by atoms with Crippen molar-refractivity contribution in [2.45, 2.75) is 30.4 Å². The third-order valence-electron chi connectivity index (χ3n) is 5.13. The molecule has 1 unspecified atom stereocenters. The van der Waals surface area contributed by atoms with Gasteiger partial charge in [-0.1, -0.05) is 29.8 Å². The van der Waals surface area contributed by atoms with Crippen LogP contribution in [0.3, 0.4) is 0 Å². The van der Waals surface area contributed by atoms with Gasteiger partial charge in [0.25, 0.3) is 0 Å². The summed E-state index contributed by atoms with van der Waals surface area (Å²) in [5.74, 6) is 1.06. The number of halogens is 1. The van der Waals surface area contributed by atoms with E-state index in [0.717, 1.165) is 23.4 Å². The lowest BCUT2D eigenvalue weighted by atomic mass is 10.1. The van der Waals surface area contributed by atoms with Gasteiger partial charge in [-0.2, -0.15) is 0 Å². The van der Waals surface area contributed by atoms with Crippen LogP contribution in [0.2, 0.25) is 5.02 Å². The molecule has 11 heteroatoms. The number of amidine groups is 1. The Bertz CT molecular complexity index is 1270. The SMILES string of the molecule is CO.COc1ccc(Cl)c(NC2=Nc3ccccc3NC2NSc2cccc(NC(=O)C(C)(C)N)c2)c1. The van der Waals surface area contributed by atoms with E-state index in [1.54, 1.807) is 33.1 Å². The zero-order valence-electron chi connectivity index (χ0n) is 21.0. The third kappa shape index (κ3) is 7.61. The number of aliphatic hydroxyl groups is 1. The molecule has 0 aromatic heterocycles. The standard InChI is InChI=1S/C25H27ClN6O2S.CH4O/c1-25(2,27)24(33)28-15-7-6-8-17(13-15)35-32-23-22(29-19-9-4-5-10-20(19)30-23)31-21-14-16(34-3)11-12-18(21)26;1-2/h4-14,23,30,32H,27H2,1-3H3,(H,28,33)(H,29,31);2H,1H3. The van der Waals surface area contributed by atoms with Crippen LogP contribution < -0.4 is 31.1 Å². The summed E-state index contributed by atoms with van der Waals surface area (Å²) in [6, 6.07) is 20.7. The Morgan fingerprint density at radius 2 is 1.89 bits per heavy atom. The number of ether oxygens (including phenoxy) is 1. The minimum absolute atomic E-state index is 0.257. The maximum atomic E-state index is 12.2. The van der Waals surface area contributed by atoms with Gasteiger partial charge in [0.05, 0.1) is 34.7 Å². The fourth-order valence-electron chi connectivity index (χ4n) is 3.22. The Balaban J connectivity index is 0.00000186. The largest absolute Gasteiger partial charge is 0.497 e. The predicted octanol–water partition coefficient (Wildman–Crippen LogP) is 4.82. The van der Waals surface area contributed by atoms with Crippen molar-refractivity contribution < 1.29 is 14.6 Å². The van der Waals surface area contributed by atoms with Gasteiger partial charge in [0.2, 0.25) is 5.91 Å². The van der Waals surface area contributed by atoms with Crippen molar-refractivity contribution in [2.75, 3.05) is 30.2 Å². The lowest BCUT2D eigenvalue weighted by Crippen LogP contribution is -2.45. The van der Waals surface area contributed by atoms with Crippen LogP contribution in [0.25, 0.3) is 0 Å². The first-order valence-corrected chi connectivity index (χ1v) is 12.5. The molecule has 1 atom stereocenters. The second-order valence-electron chi connectivity index (χ2n) is 8.49. The van der Waals surface area contributed by atoms with Crippen molar-refractivity contribution in [1.82, 2.24) is 4.72 Å². The number of para-hydroxylation sites is 2. The number of anilines is 3. The Labute approximate surface area is 226 Å². The summed E-state index contributed by atoms with van der Waals surface area (Å²) in [6.45, 7) is 3.33. The van der Waals surface area contributed by atoms with Crippen LogP contribution in [0.15, 0.2) is 76.6 Å². The number of aliphatic imine (C=N–C) groups is 1. The summed E-state index contributed by atoms with van der Waals surface area (Å²) in [4.78, 5) is 18.0. The molecule has 4 rings (SSSR count). The highest BCUT2D eigenvalue weighted by Crippen LogP contribution is 2.32. The molecule has 9 nitrogen and oxygen atoms in total. The molecule has 196 valence electrons. The highest BCUT2D eigenvalue weighted by Gasteiger charge is 2.24. The number of nitrogens with one attached hydrogen (secondary N) is 4. The van der Waals surface area contributed by atoms with E-state index in [4.69, 9.17) is 32.2 Å². The average molecular weight is 543 g/mol. The predicted molar refractivity (Wildman–Crippen MR) is 153 cm³/mol. The first-order valence-electron chi connectivity index (χ1n) is 11.3. The van der Waals surface area contributed by atoms with E-state index in [0.29, 0.717) is 28.0 Å². The Morgan fingerprint density at radius 1 is 1.14 bits per heavy atom. The van der Waals surface area contributed by atoms with E-state index in [1.807, 2.05) is 54.6 Å². The molecule has 0 spiro atoms. The van der Waals surface area contributed by atoms with Crippen molar-refractivity contribution in [3.8, 4) is 5.75 Å². The number of carbonyl (C=O) groups excluding carboxylic acids is 1. The zero-order chi connectivity index (χ0) is 27.0. The van der Waals surface area contributed by atoms with Crippen LogP contribution in [-0.2, 0) is 4.79 Å². The zero-order valence-corrected chi connectivity index (χ0v) is 22.6. The first kappa shape index (κ1) is 28.3. The third-order valence-corrected chi connectivity index (χ3v) is 6.30. The maximum absolute atomic E-state index is 12.2. The van der Waals surface area contributed by atoms with Gasteiger partial charge in [0.15, 0.2) is 0 Å². The molecule has 37 heavy (non-hydrogen) atoms. The number of benzene rings is 3. The van der Waals surface area contributed by atoms with Crippen LogP contribution in [-0.4, -0.2) is 42.8 Å². The lowest BCUT2D eigenvalue weighted by Gasteiger charge is -2.28. The molecular formula is C26H31ClN6O3S. The fourth-order valence-corrected chi connectivity index (χ4v) is 4.14. The Morgan fingerprint density at radius 3 is 2.62 bits per heavy atom. The number of hydrogen-bond acceptors (Lipinski definition) is 9. The van der Waals surface area contributed by atoms with E-state index in [-0.39, 0.29) is 12.1 Å². The molecule has 0 fully saturated rings. The van der Waals surface area contributed by atoms with Gasteiger partial charge in [-0.05, 0) is 68.3 Å². The second kappa shape index (κ2) is 12.8. The number of hydrogen-bond donors (Lipinski definition) is 6. The van der Waals surface area contributed by atoms with Gasteiger partial charge < -0.3 is 31.5 Å². The van der Waals surface area contributed by atoms with E-state index in [9.17, 15) is 4.79 Å². The average Bonchev–Trinajstić information content (AvgIpc) is 2.89. The Hall–Kier alpha value is -3.28. The van der Waals surface area contributed by atoms with Gasteiger partial charge in [0, 0.05) is 23.8 Å². The van der Waals surface area contributed by atoms with Crippen molar-refractivity contribution >= 4 is 58.0 Å². The first-order chi connectivity index (χ1) is 17.7. The number of carbonyl (C=O) groups is 1. The number of amides is 1. The maximum Gasteiger partial charge on any atom is 0.243 e. The van der Waals surface area contributed by atoms with Crippen LogP contribution >= 0.6 is 23.5 Å². The van der Waals surface area contributed by atoms with Crippen molar-refractivity contribution in [3.63, 3.8) is 0 Å². The summed E-state index contributed by atoms with van der Waals surface area (Å²) < 4.78 is 8.74. The van der Waals surface area contributed by atoms with Crippen LogP contribution in [0.4, 0.5) is 22.7 Å². The molecule has 0 bridgehead atoms. The van der Waals surface area contributed by atoms with Gasteiger partial charge in [-0.3, -0.25) is 4.79 Å². The van der Waals surface area contributed by atoms with Crippen LogP contribution in [0.5, 0.6) is 5.75 Å². The normalized spacial score (nSPS) is 14.2. The van der Waals surface area contributed by atoms with E-state index >= 15 is 0 Å².